The molecule has 0 atom stereocenters. The van der Waals surface area contributed by atoms with E-state index in [1.165, 1.54) is 6.33 Å². The monoisotopic (exact) mass is 309 g/mol. The number of nitrogens with two attached hydrogens (primary N) is 1. The third-order valence-corrected chi connectivity index (χ3v) is 3.09. The summed E-state index contributed by atoms with van der Waals surface area (Å²) in [6, 6.07) is 5.27. The summed E-state index contributed by atoms with van der Waals surface area (Å²) in [5, 5.41) is 0. The molecule has 0 unspecified atom stereocenters. The van der Waals surface area contributed by atoms with Crippen LogP contribution in [0.5, 0.6) is 23.1 Å². The first kappa shape index (κ1) is 11.1. The van der Waals surface area contributed by atoms with Crippen LogP contribution in [0.15, 0.2) is 29.0 Å². The lowest BCUT2D eigenvalue weighted by Gasteiger charge is -2.07. The number of fused-ring (bicyclic) bond motifs is 1. The summed E-state index contributed by atoms with van der Waals surface area (Å²) in [6.45, 7) is 0.225. The van der Waals surface area contributed by atoms with Gasteiger partial charge in [-0.1, -0.05) is 0 Å². The first-order chi connectivity index (χ1) is 8.74. The largest absolute Gasteiger partial charge is 0.454 e. The third kappa shape index (κ3) is 1.92. The Morgan fingerprint density at radius 1 is 1.22 bits per heavy atom. The number of halogens is 1. The molecular weight excluding hydrogens is 302 g/mol. The number of benzene rings is 1. The van der Waals surface area contributed by atoms with Crippen molar-refractivity contribution in [3.63, 3.8) is 0 Å². The Balaban J connectivity index is 1.90. The molecule has 7 heteroatoms. The van der Waals surface area contributed by atoms with Gasteiger partial charge in [-0.05, 0) is 28.1 Å². The topological polar surface area (TPSA) is 79.5 Å². The van der Waals surface area contributed by atoms with Gasteiger partial charge in [0.2, 0.25) is 12.7 Å². The zero-order chi connectivity index (χ0) is 12.5. The van der Waals surface area contributed by atoms with Gasteiger partial charge in [0.1, 0.15) is 22.4 Å². The third-order valence-electron chi connectivity index (χ3n) is 2.34. The molecule has 0 spiro atoms. The van der Waals surface area contributed by atoms with E-state index < -0.39 is 0 Å². The highest BCUT2D eigenvalue weighted by Gasteiger charge is 2.15. The van der Waals surface area contributed by atoms with E-state index in [1.54, 1.807) is 18.2 Å². The molecule has 2 N–H and O–H groups in total. The molecule has 1 aromatic heterocycles. The Bertz CT molecular complexity index is 606. The predicted molar refractivity (Wildman–Crippen MR) is 66.8 cm³/mol. The zero-order valence-corrected chi connectivity index (χ0v) is 10.7. The van der Waals surface area contributed by atoms with Gasteiger partial charge in [0.15, 0.2) is 11.5 Å². The fraction of sp³-hybridized carbons (Fsp3) is 0.0909. The molecule has 0 amide bonds. The highest BCUT2D eigenvalue weighted by molar-refractivity contribution is 9.10. The van der Waals surface area contributed by atoms with Gasteiger partial charge < -0.3 is 19.9 Å². The summed E-state index contributed by atoms with van der Waals surface area (Å²) in [5.74, 6) is 2.59. The van der Waals surface area contributed by atoms with Crippen LogP contribution in [-0.2, 0) is 0 Å². The van der Waals surface area contributed by atoms with Crippen molar-refractivity contribution in [3.8, 4) is 23.1 Å². The lowest BCUT2D eigenvalue weighted by atomic mass is 10.3. The Hall–Kier alpha value is -2.02. The van der Waals surface area contributed by atoms with Crippen molar-refractivity contribution >= 4 is 21.7 Å². The van der Waals surface area contributed by atoms with Crippen LogP contribution in [0.4, 0.5) is 5.82 Å². The van der Waals surface area contributed by atoms with Crippen molar-refractivity contribution < 1.29 is 14.2 Å². The second kappa shape index (κ2) is 4.34. The Morgan fingerprint density at radius 2 is 2.06 bits per heavy atom. The number of anilines is 1. The summed E-state index contributed by atoms with van der Waals surface area (Å²) in [7, 11) is 0. The maximum atomic E-state index is 5.64. The van der Waals surface area contributed by atoms with E-state index in [2.05, 4.69) is 25.9 Å². The Labute approximate surface area is 111 Å². The smallest absolute Gasteiger partial charge is 0.238 e. The molecular formula is C11H8BrN3O3. The molecule has 0 fully saturated rings. The van der Waals surface area contributed by atoms with Gasteiger partial charge in [0.05, 0.1) is 0 Å². The Kier molecular flexibility index (Phi) is 2.67. The summed E-state index contributed by atoms with van der Waals surface area (Å²) >= 11 is 3.27. The van der Waals surface area contributed by atoms with Crippen LogP contribution in [-0.4, -0.2) is 16.8 Å². The molecule has 1 aliphatic heterocycles. The van der Waals surface area contributed by atoms with E-state index in [0.717, 1.165) is 0 Å². The number of hydrogen-bond donors (Lipinski definition) is 1. The number of aromatic nitrogens is 2. The predicted octanol–water partition coefficient (Wildman–Crippen LogP) is 2.34. The van der Waals surface area contributed by atoms with Crippen molar-refractivity contribution in [1.82, 2.24) is 9.97 Å². The van der Waals surface area contributed by atoms with Crippen molar-refractivity contribution in [1.29, 1.82) is 0 Å². The van der Waals surface area contributed by atoms with E-state index in [-0.39, 0.29) is 6.79 Å². The van der Waals surface area contributed by atoms with Gasteiger partial charge in [0.25, 0.3) is 0 Å². The van der Waals surface area contributed by atoms with Crippen LogP contribution in [0.1, 0.15) is 0 Å². The molecule has 3 rings (SSSR count). The normalized spacial score (nSPS) is 12.5. The molecule has 0 aliphatic carbocycles. The molecule has 0 saturated heterocycles. The molecule has 0 saturated carbocycles. The minimum absolute atomic E-state index is 0.225. The lowest BCUT2D eigenvalue weighted by Crippen LogP contribution is -1.96. The highest BCUT2D eigenvalue weighted by atomic mass is 79.9. The van der Waals surface area contributed by atoms with Gasteiger partial charge >= 0.3 is 0 Å². The molecule has 1 aromatic carbocycles. The summed E-state index contributed by atoms with van der Waals surface area (Å²) in [6.07, 6.45) is 1.34. The quantitative estimate of drug-likeness (QED) is 0.917. The molecule has 6 nitrogen and oxygen atoms in total. The fourth-order valence-electron chi connectivity index (χ4n) is 1.49. The van der Waals surface area contributed by atoms with E-state index in [4.69, 9.17) is 19.9 Å². The molecule has 2 aromatic rings. The summed E-state index contributed by atoms with van der Waals surface area (Å²) in [4.78, 5) is 7.83. The van der Waals surface area contributed by atoms with E-state index in [9.17, 15) is 0 Å². The van der Waals surface area contributed by atoms with Gasteiger partial charge in [-0.15, -0.1) is 0 Å². The minimum atomic E-state index is 0.225. The van der Waals surface area contributed by atoms with Crippen molar-refractivity contribution in [2.75, 3.05) is 12.5 Å². The standard InChI is InChI=1S/C11H8BrN3O3/c12-9-10(13)14-4-15-11(9)18-6-1-2-7-8(3-6)17-5-16-7/h1-4H,5H2,(H2,13,14,15). The van der Waals surface area contributed by atoms with Crippen molar-refractivity contribution in [2.45, 2.75) is 0 Å². The van der Waals surface area contributed by atoms with Crippen molar-refractivity contribution in [2.24, 2.45) is 0 Å². The van der Waals surface area contributed by atoms with Gasteiger partial charge in [-0.3, -0.25) is 0 Å². The molecule has 1 aliphatic rings. The zero-order valence-electron chi connectivity index (χ0n) is 9.09. The summed E-state index contributed by atoms with van der Waals surface area (Å²) in [5.41, 5.74) is 5.64. The van der Waals surface area contributed by atoms with E-state index in [1.807, 2.05) is 0 Å². The molecule has 18 heavy (non-hydrogen) atoms. The van der Waals surface area contributed by atoms with Crippen LogP contribution >= 0.6 is 15.9 Å². The maximum Gasteiger partial charge on any atom is 0.238 e. The first-order valence-electron chi connectivity index (χ1n) is 5.07. The second-order valence-electron chi connectivity index (χ2n) is 3.50. The fourth-order valence-corrected chi connectivity index (χ4v) is 1.78. The van der Waals surface area contributed by atoms with Crippen LogP contribution in [0.2, 0.25) is 0 Å². The van der Waals surface area contributed by atoms with Gasteiger partial charge in [-0.25, -0.2) is 9.97 Å². The number of nitrogen functional groups attached to an aromatic ring is 1. The SMILES string of the molecule is Nc1ncnc(Oc2ccc3c(c2)OCO3)c1Br. The van der Waals surface area contributed by atoms with Crippen LogP contribution in [0.3, 0.4) is 0 Å². The minimum Gasteiger partial charge on any atom is -0.454 e. The van der Waals surface area contributed by atoms with Gasteiger partial charge in [-0.2, -0.15) is 0 Å². The summed E-state index contributed by atoms with van der Waals surface area (Å²) < 4.78 is 16.6. The number of hydrogen-bond acceptors (Lipinski definition) is 6. The molecule has 92 valence electrons. The average molecular weight is 310 g/mol. The average Bonchev–Trinajstić information content (AvgIpc) is 2.82. The van der Waals surface area contributed by atoms with Crippen LogP contribution in [0, 0.1) is 0 Å². The molecule has 0 bridgehead atoms. The highest BCUT2D eigenvalue weighted by Crippen LogP contribution is 2.37. The Morgan fingerprint density at radius 3 is 2.94 bits per heavy atom. The first-order valence-corrected chi connectivity index (χ1v) is 5.87. The number of rotatable bonds is 2. The number of nitrogens with zero attached hydrogens (tertiary/aromatic N) is 2. The molecule has 2 heterocycles. The lowest BCUT2D eigenvalue weighted by molar-refractivity contribution is 0.174. The number of ether oxygens (including phenoxy) is 3. The van der Waals surface area contributed by atoms with Crippen molar-refractivity contribution in [3.05, 3.63) is 29.0 Å². The van der Waals surface area contributed by atoms with Crippen LogP contribution < -0.4 is 19.9 Å². The molecule has 0 radical (unpaired) electrons. The van der Waals surface area contributed by atoms with Crippen LogP contribution in [0.25, 0.3) is 0 Å². The van der Waals surface area contributed by atoms with Gasteiger partial charge in [0, 0.05) is 6.07 Å². The van der Waals surface area contributed by atoms with E-state index >= 15 is 0 Å². The second-order valence-corrected chi connectivity index (χ2v) is 4.29. The maximum absolute atomic E-state index is 5.64. The van der Waals surface area contributed by atoms with E-state index in [0.29, 0.717) is 33.4 Å².